The zero-order valence-corrected chi connectivity index (χ0v) is 24.2. The molecule has 3 N–H and O–H groups in total. The summed E-state index contributed by atoms with van der Waals surface area (Å²) in [7, 11) is 1.43. The Labute approximate surface area is 250 Å². The maximum atomic E-state index is 13.6. The lowest BCUT2D eigenvalue weighted by Gasteiger charge is -2.38. The van der Waals surface area contributed by atoms with E-state index in [9.17, 15) is 27.9 Å². The Kier molecular flexibility index (Phi) is 7.75. The molecule has 4 aromatic rings. The smallest absolute Gasteiger partial charge is 0.391 e. The molecule has 0 unspecified atom stereocenters. The maximum absolute atomic E-state index is 13.6. The van der Waals surface area contributed by atoms with Gasteiger partial charge in [-0.15, -0.1) is 0 Å². The number of fused-ring (bicyclic) bond motifs is 1. The number of nitrogens with one attached hydrogen (secondary N) is 2. The molecule has 2 aliphatic rings. The van der Waals surface area contributed by atoms with Gasteiger partial charge in [0.1, 0.15) is 0 Å². The summed E-state index contributed by atoms with van der Waals surface area (Å²) in [5, 5.41) is 20.1. The van der Waals surface area contributed by atoms with E-state index >= 15 is 0 Å². The third kappa shape index (κ3) is 5.59. The summed E-state index contributed by atoms with van der Waals surface area (Å²) >= 11 is 0. The maximum Gasteiger partial charge on any atom is 0.435 e. The highest BCUT2D eigenvalue weighted by molar-refractivity contribution is 5.96. The van der Waals surface area contributed by atoms with E-state index in [2.05, 4.69) is 25.7 Å². The lowest BCUT2D eigenvalue weighted by Crippen LogP contribution is -2.55. The number of aliphatic hydroxyl groups is 1. The van der Waals surface area contributed by atoms with Gasteiger partial charge in [0.15, 0.2) is 17.2 Å². The van der Waals surface area contributed by atoms with Crippen molar-refractivity contribution < 1.29 is 27.9 Å². The SMILES string of the molecule is Cc1cc(Nc2nccn3c(-c4cn(C)nc4C(F)(F)F)cnc23)ccc1C(=O)N1CCN(C(=O)[C@@H]2CCNC[C@H]2O)CC1. The predicted octanol–water partition coefficient (Wildman–Crippen LogP) is 2.46. The molecule has 2 atom stereocenters. The standard InChI is InChI=1S/C29H32F3N9O3/c1-17-13-18(3-4-19(17)27(43)39-9-11-40(12-10-39)28(44)20-5-6-33-15-23(20)42)36-25-26-35-14-22(41(26)8-7-34-25)21-16-38(2)37-24(21)29(30,31)32/h3-4,7-8,13-14,16,20,23,33,42H,5-6,9-12,15H2,1-2H3,(H,34,36)/t20-,23-/m1/s1. The minimum atomic E-state index is -4.63. The number of aliphatic hydroxyl groups excluding tert-OH is 1. The number of alkyl halides is 3. The van der Waals surface area contributed by atoms with E-state index in [1.54, 1.807) is 28.0 Å². The van der Waals surface area contributed by atoms with Crippen LogP contribution in [0, 0.1) is 12.8 Å². The first-order chi connectivity index (χ1) is 21.0. The number of nitrogens with zero attached hydrogens (tertiary/aromatic N) is 7. The predicted molar refractivity (Wildman–Crippen MR) is 154 cm³/mol. The molecule has 6 rings (SSSR count). The fourth-order valence-corrected chi connectivity index (χ4v) is 5.88. The van der Waals surface area contributed by atoms with Crippen LogP contribution in [0.5, 0.6) is 0 Å². The summed E-state index contributed by atoms with van der Waals surface area (Å²) in [6.45, 7) is 4.52. The lowest BCUT2D eigenvalue weighted by molar-refractivity contribution is -0.142. The van der Waals surface area contributed by atoms with Crippen molar-refractivity contribution in [2.45, 2.75) is 25.6 Å². The van der Waals surface area contributed by atoms with E-state index in [4.69, 9.17) is 0 Å². The van der Waals surface area contributed by atoms with E-state index in [0.29, 0.717) is 68.4 Å². The van der Waals surface area contributed by atoms with Gasteiger partial charge in [-0.3, -0.25) is 18.7 Å². The highest BCUT2D eigenvalue weighted by atomic mass is 19.4. The van der Waals surface area contributed by atoms with Gasteiger partial charge >= 0.3 is 6.18 Å². The zero-order chi connectivity index (χ0) is 31.2. The molecule has 0 radical (unpaired) electrons. The topological polar surface area (TPSA) is 133 Å². The molecule has 2 amide bonds. The second-order valence-corrected chi connectivity index (χ2v) is 11.1. The van der Waals surface area contributed by atoms with Crippen LogP contribution in [-0.4, -0.2) is 96.2 Å². The van der Waals surface area contributed by atoms with Gasteiger partial charge in [-0.25, -0.2) is 9.97 Å². The van der Waals surface area contributed by atoms with Crippen molar-refractivity contribution >= 4 is 29.0 Å². The first kappa shape index (κ1) is 29.6. The van der Waals surface area contributed by atoms with Crippen molar-refractivity contribution in [2.24, 2.45) is 13.0 Å². The third-order valence-electron chi connectivity index (χ3n) is 8.17. The minimum absolute atomic E-state index is 0.0628. The summed E-state index contributed by atoms with van der Waals surface area (Å²) in [5.41, 5.74) is 1.30. The molecule has 0 saturated carbocycles. The minimum Gasteiger partial charge on any atom is -0.391 e. The number of β-amino-alcohol motifs (C(OH)–C–C–N with tert-alkyl or cyclic N) is 1. The van der Waals surface area contributed by atoms with Crippen LogP contribution in [0.2, 0.25) is 0 Å². The molecule has 1 aromatic carbocycles. The molecule has 44 heavy (non-hydrogen) atoms. The Morgan fingerprint density at radius 2 is 1.86 bits per heavy atom. The van der Waals surface area contributed by atoms with Crippen molar-refractivity contribution in [3.05, 3.63) is 59.8 Å². The molecule has 0 bridgehead atoms. The molecule has 0 spiro atoms. The number of anilines is 2. The molecule has 2 saturated heterocycles. The number of hydrogen-bond donors (Lipinski definition) is 3. The Morgan fingerprint density at radius 3 is 2.57 bits per heavy atom. The molecule has 3 aromatic heterocycles. The van der Waals surface area contributed by atoms with Gasteiger partial charge in [-0.05, 0) is 43.7 Å². The van der Waals surface area contributed by atoms with Crippen molar-refractivity contribution in [1.29, 1.82) is 0 Å². The van der Waals surface area contributed by atoms with Crippen LogP contribution in [0.1, 0.15) is 28.0 Å². The van der Waals surface area contributed by atoms with Gasteiger partial charge in [-0.1, -0.05) is 0 Å². The first-order valence-electron chi connectivity index (χ1n) is 14.3. The Bertz CT molecular complexity index is 1710. The average Bonchev–Trinajstić information content (AvgIpc) is 3.61. The highest BCUT2D eigenvalue weighted by Crippen LogP contribution is 2.36. The number of aryl methyl sites for hydroxylation is 2. The summed E-state index contributed by atoms with van der Waals surface area (Å²) in [6, 6.07) is 5.24. The van der Waals surface area contributed by atoms with Crippen LogP contribution in [0.3, 0.4) is 0 Å². The van der Waals surface area contributed by atoms with Crippen molar-refractivity contribution in [1.82, 2.24) is 39.3 Å². The number of piperidine rings is 1. The summed E-state index contributed by atoms with van der Waals surface area (Å²) in [4.78, 5) is 38.4. The average molecular weight is 612 g/mol. The van der Waals surface area contributed by atoms with E-state index in [1.165, 1.54) is 36.2 Å². The van der Waals surface area contributed by atoms with Gasteiger partial charge in [-0.2, -0.15) is 18.3 Å². The van der Waals surface area contributed by atoms with Crippen molar-refractivity contribution in [3.8, 4) is 11.3 Å². The van der Waals surface area contributed by atoms with Crippen LogP contribution in [-0.2, 0) is 18.0 Å². The Hall–Kier alpha value is -4.50. The second kappa shape index (κ2) is 11.5. The number of piperazine rings is 1. The van der Waals surface area contributed by atoms with Gasteiger partial charge in [0.05, 0.1) is 29.5 Å². The summed E-state index contributed by atoms with van der Waals surface area (Å²) in [5.74, 6) is -0.290. The number of amides is 2. The third-order valence-corrected chi connectivity index (χ3v) is 8.17. The van der Waals surface area contributed by atoms with Crippen LogP contribution in [0.15, 0.2) is 43.0 Å². The van der Waals surface area contributed by atoms with Crippen LogP contribution >= 0.6 is 0 Å². The molecule has 2 aliphatic heterocycles. The van der Waals surface area contributed by atoms with E-state index < -0.39 is 23.9 Å². The summed E-state index contributed by atoms with van der Waals surface area (Å²) < 4.78 is 43.5. The molecular weight excluding hydrogens is 579 g/mol. The van der Waals surface area contributed by atoms with Gasteiger partial charge < -0.3 is 25.5 Å². The largest absolute Gasteiger partial charge is 0.435 e. The molecule has 2 fully saturated rings. The van der Waals surface area contributed by atoms with Crippen LogP contribution < -0.4 is 10.6 Å². The number of halogens is 3. The lowest BCUT2D eigenvalue weighted by atomic mass is 9.93. The van der Waals surface area contributed by atoms with Gasteiger partial charge in [0.25, 0.3) is 5.91 Å². The number of carbonyl (C=O) groups excluding carboxylic acids is 2. The van der Waals surface area contributed by atoms with Gasteiger partial charge in [0.2, 0.25) is 5.91 Å². The fourth-order valence-electron chi connectivity index (χ4n) is 5.88. The number of benzene rings is 1. The van der Waals surface area contributed by atoms with Crippen LogP contribution in [0.4, 0.5) is 24.7 Å². The van der Waals surface area contributed by atoms with Crippen molar-refractivity contribution in [2.75, 3.05) is 44.6 Å². The van der Waals surface area contributed by atoms with E-state index in [-0.39, 0.29) is 23.1 Å². The number of rotatable bonds is 5. The van der Waals surface area contributed by atoms with Crippen LogP contribution in [0.25, 0.3) is 16.9 Å². The number of aromatic nitrogens is 5. The molecule has 5 heterocycles. The second-order valence-electron chi connectivity index (χ2n) is 11.1. The fraction of sp³-hybridized carbons (Fsp3) is 0.414. The highest BCUT2D eigenvalue weighted by Gasteiger charge is 2.38. The normalized spacial score (nSPS) is 19.4. The molecular formula is C29H32F3N9O3. The van der Waals surface area contributed by atoms with E-state index in [0.717, 1.165) is 10.2 Å². The monoisotopic (exact) mass is 611 g/mol. The number of hydrogen-bond acceptors (Lipinski definition) is 8. The molecule has 232 valence electrons. The zero-order valence-electron chi connectivity index (χ0n) is 24.2. The Morgan fingerprint density at radius 1 is 1.11 bits per heavy atom. The summed E-state index contributed by atoms with van der Waals surface area (Å²) in [6.07, 6.45) is 0.905. The van der Waals surface area contributed by atoms with Gasteiger partial charge in [0, 0.05) is 69.6 Å². The quantitative estimate of drug-likeness (QED) is 0.314. The first-order valence-corrected chi connectivity index (χ1v) is 14.3. The van der Waals surface area contributed by atoms with E-state index in [1.807, 2.05) is 6.92 Å². The number of imidazole rings is 1. The molecule has 15 heteroatoms. The molecule has 0 aliphatic carbocycles. The molecule has 12 nitrogen and oxygen atoms in total. The number of carbonyl (C=O) groups is 2. The Balaban J connectivity index is 1.15. The van der Waals surface area contributed by atoms with Crippen molar-refractivity contribution in [3.63, 3.8) is 0 Å².